The predicted octanol–water partition coefficient (Wildman–Crippen LogP) is 0.0688. The van der Waals surface area contributed by atoms with Gasteiger partial charge in [-0.05, 0) is 5.57 Å². The van der Waals surface area contributed by atoms with Crippen molar-refractivity contribution in [2.75, 3.05) is 18.5 Å². The number of allylic oxidation sites excluding steroid dienone is 1. The number of hydrogen-bond acceptors (Lipinski definition) is 8. The largest absolute Gasteiger partial charge is 0.477 e. The molecule has 9 nitrogen and oxygen atoms in total. The number of β-lactam (4-membered cyclic amide) rings is 1. The summed E-state index contributed by atoms with van der Waals surface area (Å²) in [6.07, 6.45) is 1.43. The number of thiazole rings is 1. The first-order chi connectivity index (χ1) is 12.4. The fourth-order valence-corrected chi connectivity index (χ4v) is 4.63. The number of carboxylic acids is 1. The number of amides is 2. The normalized spacial score (nSPS) is 22.6. The van der Waals surface area contributed by atoms with Crippen molar-refractivity contribution in [2.24, 2.45) is 4.99 Å². The number of aliphatic carboxylic acids is 1. The van der Waals surface area contributed by atoms with Crippen molar-refractivity contribution in [1.29, 1.82) is 0 Å². The van der Waals surface area contributed by atoms with E-state index in [-0.39, 0.29) is 11.4 Å². The molecule has 2 amide bonds. The predicted molar refractivity (Wildman–Crippen MR) is 98.9 cm³/mol. The molecule has 2 aliphatic rings. The summed E-state index contributed by atoms with van der Waals surface area (Å²) >= 11 is 2.54. The number of fused-ring (bicyclic) bond motifs is 1. The van der Waals surface area contributed by atoms with Gasteiger partial charge in [-0.25, -0.2) is 9.78 Å². The number of carbonyl (C=O) groups is 3. The number of nitrogen functional groups attached to an aromatic ring is 1. The SMILES string of the molecule is C=CC1=C(C(=O)O)N2C(=O)[C@@H](NC(=O)/C(=N\C)c3csc(N)n3)[C@H]2SC1. The first-order valence-electron chi connectivity index (χ1n) is 7.41. The van der Waals surface area contributed by atoms with Gasteiger partial charge >= 0.3 is 5.97 Å². The van der Waals surface area contributed by atoms with Crippen LogP contribution in [-0.4, -0.2) is 62.7 Å². The van der Waals surface area contributed by atoms with Crippen molar-refractivity contribution in [3.63, 3.8) is 0 Å². The number of anilines is 1. The number of nitrogens with one attached hydrogen (secondary N) is 1. The quantitative estimate of drug-likeness (QED) is 0.475. The molecule has 26 heavy (non-hydrogen) atoms. The van der Waals surface area contributed by atoms with E-state index in [4.69, 9.17) is 5.73 Å². The monoisotopic (exact) mass is 393 g/mol. The summed E-state index contributed by atoms with van der Waals surface area (Å²) < 4.78 is 0. The van der Waals surface area contributed by atoms with Crippen molar-refractivity contribution in [3.8, 4) is 0 Å². The first-order valence-corrected chi connectivity index (χ1v) is 9.34. The number of nitrogens with two attached hydrogens (primary N) is 1. The van der Waals surface area contributed by atoms with Crippen LogP contribution < -0.4 is 11.1 Å². The van der Waals surface area contributed by atoms with Crippen LogP contribution in [0.15, 0.2) is 34.3 Å². The summed E-state index contributed by atoms with van der Waals surface area (Å²) in [6, 6.07) is -0.832. The summed E-state index contributed by atoms with van der Waals surface area (Å²) in [7, 11) is 1.44. The molecule has 0 radical (unpaired) electrons. The van der Waals surface area contributed by atoms with Crippen LogP contribution in [0.5, 0.6) is 0 Å². The number of carboxylic acid groups (broad SMARTS) is 1. The molecule has 0 aliphatic carbocycles. The number of nitrogens with zero attached hydrogens (tertiary/aromatic N) is 3. The summed E-state index contributed by atoms with van der Waals surface area (Å²) in [6.45, 7) is 3.59. The van der Waals surface area contributed by atoms with E-state index in [9.17, 15) is 19.5 Å². The second-order valence-electron chi connectivity index (χ2n) is 5.39. The number of thioether (sulfide) groups is 1. The Kier molecular flexibility index (Phi) is 4.83. The molecule has 0 bridgehead atoms. The lowest BCUT2D eigenvalue weighted by atomic mass is 10.0. The standard InChI is InChI=1S/C15H15N5O4S2/c1-3-6-4-25-13-9(12(22)20(13)10(6)14(23)24)19-11(21)8(17-2)7-5-26-15(16)18-7/h3,5,9,13H,1,4H2,2H3,(H2,16,18)(H,19,21)(H,23,24)/b17-8-/t9-,13-/m1/s1. The molecule has 0 aromatic carbocycles. The smallest absolute Gasteiger partial charge is 0.352 e. The molecule has 2 aliphatic heterocycles. The van der Waals surface area contributed by atoms with Gasteiger partial charge in [0.05, 0.1) is 0 Å². The highest BCUT2D eigenvalue weighted by Crippen LogP contribution is 2.40. The molecule has 3 heterocycles. The van der Waals surface area contributed by atoms with Crippen molar-refractivity contribution in [1.82, 2.24) is 15.2 Å². The average molecular weight is 393 g/mol. The zero-order chi connectivity index (χ0) is 19.0. The highest BCUT2D eigenvalue weighted by molar-refractivity contribution is 8.00. The molecule has 1 saturated heterocycles. The van der Waals surface area contributed by atoms with E-state index in [0.717, 1.165) is 0 Å². The van der Waals surface area contributed by atoms with E-state index in [1.807, 2.05) is 0 Å². The molecule has 4 N–H and O–H groups in total. The van der Waals surface area contributed by atoms with Gasteiger partial charge in [0.2, 0.25) is 0 Å². The summed E-state index contributed by atoms with van der Waals surface area (Å²) in [5, 5.41) is 13.4. The number of rotatable bonds is 5. The Morgan fingerprint density at radius 3 is 2.85 bits per heavy atom. The van der Waals surface area contributed by atoms with Gasteiger partial charge in [0.15, 0.2) is 5.13 Å². The second-order valence-corrected chi connectivity index (χ2v) is 7.38. The lowest BCUT2D eigenvalue weighted by Gasteiger charge is -2.49. The summed E-state index contributed by atoms with van der Waals surface area (Å²) in [5.41, 5.74) is 6.35. The molecule has 0 spiro atoms. The van der Waals surface area contributed by atoms with E-state index in [0.29, 0.717) is 22.2 Å². The molecule has 0 unspecified atom stereocenters. The third kappa shape index (κ3) is 2.88. The highest BCUT2D eigenvalue weighted by atomic mass is 32.2. The Bertz CT molecular complexity index is 875. The molecule has 136 valence electrons. The molecule has 0 saturated carbocycles. The van der Waals surface area contributed by atoms with E-state index < -0.39 is 29.2 Å². The summed E-state index contributed by atoms with van der Waals surface area (Å²) in [4.78, 5) is 45.6. The number of aliphatic imine (C=N–C) groups is 1. The number of hydrogen-bond donors (Lipinski definition) is 3. The van der Waals surface area contributed by atoms with Crippen LogP contribution in [0, 0.1) is 0 Å². The highest BCUT2D eigenvalue weighted by Gasteiger charge is 2.54. The van der Waals surface area contributed by atoms with E-state index >= 15 is 0 Å². The van der Waals surface area contributed by atoms with Crippen LogP contribution in [0.25, 0.3) is 0 Å². The maximum Gasteiger partial charge on any atom is 0.352 e. The van der Waals surface area contributed by atoms with E-state index in [2.05, 4.69) is 21.9 Å². The van der Waals surface area contributed by atoms with Crippen LogP contribution in [0.3, 0.4) is 0 Å². The second kappa shape index (κ2) is 6.92. The summed E-state index contributed by atoms with van der Waals surface area (Å²) in [5.74, 6) is -1.85. The van der Waals surface area contributed by atoms with Crippen molar-refractivity contribution < 1.29 is 19.5 Å². The van der Waals surface area contributed by atoms with Crippen molar-refractivity contribution >= 4 is 51.7 Å². The molecular formula is C15H15N5O4S2. The zero-order valence-corrected chi connectivity index (χ0v) is 15.3. The molecule has 1 fully saturated rings. The molecule has 11 heteroatoms. The fourth-order valence-electron chi connectivity index (χ4n) is 2.74. The molecule has 1 aromatic rings. The van der Waals surface area contributed by atoms with Crippen LogP contribution in [0.4, 0.5) is 5.13 Å². The van der Waals surface area contributed by atoms with Gasteiger partial charge in [-0.15, -0.1) is 23.1 Å². The minimum atomic E-state index is -1.20. The molecule has 1 aromatic heterocycles. The van der Waals surface area contributed by atoms with Gasteiger partial charge in [0.1, 0.15) is 28.5 Å². The maximum atomic E-state index is 12.5. The molecule has 2 atom stereocenters. The van der Waals surface area contributed by atoms with Gasteiger partial charge in [-0.3, -0.25) is 19.5 Å². The minimum Gasteiger partial charge on any atom is -0.477 e. The van der Waals surface area contributed by atoms with Gasteiger partial charge in [-0.2, -0.15) is 0 Å². The Hall–Kier alpha value is -2.66. The first kappa shape index (κ1) is 18.1. The maximum absolute atomic E-state index is 12.5. The third-order valence-corrected chi connectivity index (χ3v) is 5.91. The van der Waals surface area contributed by atoms with E-state index in [1.54, 1.807) is 5.38 Å². The van der Waals surface area contributed by atoms with Crippen LogP contribution in [0.2, 0.25) is 0 Å². The van der Waals surface area contributed by atoms with Crippen molar-refractivity contribution in [3.05, 3.63) is 35.0 Å². The van der Waals surface area contributed by atoms with Crippen LogP contribution >= 0.6 is 23.1 Å². The van der Waals surface area contributed by atoms with Gasteiger partial charge in [-0.1, -0.05) is 12.7 Å². The van der Waals surface area contributed by atoms with Gasteiger partial charge < -0.3 is 16.2 Å². The Balaban J connectivity index is 1.78. The molecule has 3 rings (SSSR count). The average Bonchev–Trinajstić information content (AvgIpc) is 3.04. The Labute approximate surface area is 156 Å². The van der Waals surface area contributed by atoms with Crippen LogP contribution in [0.1, 0.15) is 5.69 Å². The lowest BCUT2D eigenvalue weighted by Crippen LogP contribution is -2.71. The number of aromatic nitrogens is 1. The number of carbonyl (C=O) groups excluding carboxylic acids is 2. The zero-order valence-electron chi connectivity index (χ0n) is 13.6. The lowest BCUT2D eigenvalue weighted by molar-refractivity contribution is -0.150. The Morgan fingerprint density at radius 1 is 1.58 bits per heavy atom. The Morgan fingerprint density at radius 2 is 2.31 bits per heavy atom. The minimum absolute atomic E-state index is 0.0609. The third-order valence-electron chi connectivity index (χ3n) is 3.94. The molecular weight excluding hydrogens is 378 g/mol. The fraction of sp³-hybridized carbons (Fsp3) is 0.267. The van der Waals surface area contributed by atoms with E-state index in [1.165, 1.54) is 41.1 Å². The van der Waals surface area contributed by atoms with Gasteiger partial charge in [0.25, 0.3) is 11.8 Å². The van der Waals surface area contributed by atoms with Crippen molar-refractivity contribution in [2.45, 2.75) is 11.4 Å². The van der Waals surface area contributed by atoms with Crippen LogP contribution in [-0.2, 0) is 14.4 Å². The van der Waals surface area contributed by atoms with Gasteiger partial charge in [0, 0.05) is 18.2 Å². The topological polar surface area (TPSA) is 138 Å².